The number of hydrogen-bond acceptors (Lipinski definition) is 6. The number of halogens is 1. The van der Waals surface area contributed by atoms with Gasteiger partial charge in [-0.25, -0.2) is 9.37 Å². The zero-order valence-electron chi connectivity index (χ0n) is 15.9. The van der Waals surface area contributed by atoms with Gasteiger partial charge in [0.2, 0.25) is 0 Å². The highest BCUT2D eigenvalue weighted by atomic mass is 32.1. The number of ether oxygens (including phenoxy) is 1. The van der Waals surface area contributed by atoms with Crippen LogP contribution in [0.2, 0.25) is 0 Å². The van der Waals surface area contributed by atoms with Crippen molar-refractivity contribution in [3.63, 3.8) is 0 Å². The largest absolute Gasteiger partial charge is 0.461 e. The molecule has 2 aromatic heterocycles. The average Bonchev–Trinajstić information content (AvgIpc) is 3.34. The van der Waals surface area contributed by atoms with Crippen molar-refractivity contribution < 1.29 is 13.5 Å². The molecule has 0 unspecified atom stereocenters. The van der Waals surface area contributed by atoms with E-state index in [1.807, 2.05) is 0 Å². The lowest BCUT2D eigenvalue weighted by Crippen LogP contribution is -2.36. The van der Waals surface area contributed by atoms with Gasteiger partial charge in [0.1, 0.15) is 17.2 Å². The topological polar surface area (TPSA) is 41.7 Å². The molecule has 1 fully saturated rings. The van der Waals surface area contributed by atoms with Crippen molar-refractivity contribution in [1.29, 1.82) is 0 Å². The molecule has 0 radical (unpaired) electrons. The van der Waals surface area contributed by atoms with Crippen LogP contribution >= 0.6 is 11.3 Å². The van der Waals surface area contributed by atoms with Crippen LogP contribution < -0.4 is 9.80 Å². The average molecular weight is 409 g/mol. The summed E-state index contributed by atoms with van der Waals surface area (Å²) >= 11 is 1.74. The first-order chi connectivity index (χ1) is 14.2. The van der Waals surface area contributed by atoms with Gasteiger partial charge in [0.15, 0.2) is 5.13 Å². The minimum absolute atomic E-state index is 0.224. The third kappa shape index (κ3) is 2.96. The van der Waals surface area contributed by atoms with E-state index in [0.29, 0.717) is 0 Å². The van der Waals surface area contributed by atoms with Gasteiger partial charge in [-0.15, -0.1) is 0 Å². The van der Waals surface area contributed by atoms with Gasteiger partial charge >= 0.3 is 0 Å². The first kappa shape index (κ1) is 17.2. The number of benzene rings is 2. The fourth-order valence-corrected chi connectivity index (χ4v) is 5.26. The Morgan fingerprint density at radius 3 is 2.79 bits per heavy atom. The summed E-state index contributed by atoms with van der Waals surface area (Å²) in [4.78, 5) is 9.51. The van der Waals surface area contributed by atoms with E-state index >= 15 is 0 Å². The second kappa shape index (κ2) is 6.71. The number of thiazole rings is 1. The van der Waals surface area contributed by atoms with E-state index in [0.717, 1.165) is 84.4 Å². The maximum absolute atomic E-state index is 13.8. The number of morpholine rings is 1. The van der Waals surface area contributed by atoms with E-state index < -0.39 is 0 Å². The molecule has 2 aliphatic rings. The first-order valence-corrected chi connectivity index (χ1v) is 10.7. The van der Waals surface area contributed by atoms with Gasteiger partial charge in [0.05, 0.1) is 23.4 Å². The molecular weight excluding hydrogens is 389 g/mol. The highest BCUT2D eigenvalue weighted by Crippen LogP contribution is 2.36. The van der Waals surface area contributed by atoms with Crippen molar-refractivity contribution in [2.24, 2.45) is 0 Å². The maximum Gasteiger partial charge on any atom is 0.186 e. The molecule has 0 atom stereocenters. The maximum atomic E-state index is 13.8. The summed E-state index contributed by atoms with van der Waals surface area (Å²) in [6.07, 6.45) is 0.819. The summed E-state index contributed by atoms with van der Waals surface area (Å²) in [5.74, 6) is 0.754. The molecule has 1 saturated heterocycles. The molecule has 0 aliphatic carbocycles. The smallest absolute Gasteiger partial charge is 0.186 e. The zero-order chi connectivity index (χ0) is 19.4. The van der Waals surface area contributed by atoms with Crippen LogP contribution in [0.15, 0.2) is 40.8 Å². The Hall–Kier alpha value is -2.64. The molecular formula is C22H20FN3O2S. The molecule has 2 aromatic carbocycles. The Kier molecular flexibility index (Phi) is 3.99. The van der Waals surface area contributed by atoms with Crippen LogP contribution in [0.25, 0.3) is 21.2 Å². The molecule has 4 heterocycles. The molecule has 0 spiro atoms. The molecule has 0 N–H and O–H groups in total. The lowest BCUT2D eigenvalue weighted by atomic mass is 10.0. The Labute approximate surface area is 171 Å². The molecule has 6 rings (SSSR count). The predicted octanol–water partition coefficient (Wildman–Crippen LogP) is 4.58. The van der Waals surface area contributed by atoms with E-state index in [1.54, 1.807) is 23.5 Å². The normalized spacial score (nSPS) is 17.3. The number of aromatic nitrogens is 1. The van der Waals surface area contributed by atoms with Crippen LogP contribution in [0.3, 0.4) is 0 Å². The van der Waals surface area contributed by atoms with Gasteiger partial charge in [-0.05, 0) is 36.4 Å². The Bertz CT molecular complexity index is 1210. The lowest BCUT2D eigenvalue weighted by molar-refractivity contribution is 0.122. The fraction of sp³-hybridized carbons (Fsp3) is 0.318. The van der Waals surface area contributed by atoms with Crippen LogP contribution in [0.5, 0.6) is 0 Å². The second-order valence-corrected chi connectivity index (χ2v) is 8.57. The van der Waals surface area contributed by atoms with E-state index in [9.17, 15) is 4.39 Å². The quantitative estimate of drug-likeness (QED) is 0.485. The van der Waals surface area contributed by atoms with Gasteiger partial charge in [-0.1, -0.05) is 11.3 Å². The van der Waals surface area contributed by atoms with Crippen molar-refractivity contribution in [3.8, 4) is 0 Å². The zero-order valence-corrected chi connectivity index (χ0v) is 16.7. The van der Waals surface area contributed by atoms with Crippen LogP contribution in [0.1, 0.15) is 11.3 Å². The van der Waals surface area contributed by atoms with Gasteiger partial charge in [-0.2, -0.15) is 0 Å². The number of hydrogen-bond donors (Lipinski definition) is 0. The van der Waals surface area contributed by atoms with Gasteiger partial charge in [0.25, 0.3) is 0 Å². The van der Waals surface area contributed by atoms with Gasteiger partial charge < -0.3 is 19.0 Å². The Morgan fingerprint density at radius 2 is 1.90 bits per heavy atom. The number of anilines is 2. The van der Waals surface area contributed by atoms with E-state index in [-0.39, 0.29) is 5.82 Å². The van der Waals surface area contributed by atoms with Crippen molar-refractivity contribution in [3.05, 3.63) is 53.5 Å². The van der Waals surface area contributed by atoms with Gasteiger partial charge in [-0.3, -0.25) is 0 Å². The number of nitrogens with zero attached hydrogens (tertiary/aromatic N) is 3. The van der Waals surface area contributed by atoms with E-state index in [4.69, 9.17) is 14.1 Å². The fourth-order valence-electron chi connectivity index (χ4n) is 4.26. The SMILES string of the molecule is Fc1ccc2oc3c(c2c1)CN(c1ccc2sc(N4CCOCC4)nc2c1)CC3. The van der Waals surface area contributed by atoms with Crippen LogP contribution in [-0.4, -0.2) is 37.8 Å². The number of fused-ring (bicyclic) bond motifs is 4. The van der Waals surface area contributed by atoms with Crippen molar-refractivity contribution in [1.82, 2.24) is 4.98 Å². The molecule has 29 heavy (non-hydrogen) atoms. The standard InChI is InChI=1S/C22H20FN3O2S/c23-14-1-3-19-16(11-14)17-13-26(6-5-20(17)28-19)15-2-4-21-18(12-15)24-22(29-21)25-7-9-27-10-8-25/h1-4,11-12H,5-10,13H2. The van der Waals surface area contributed by atoms with Crippen molar-refractivity contribution >= 4 is 43.3 Å². The molecule has 7 heteroatoms. The van der Waals surface area contributed by atoms with Gasteiger partial charge in [0, 0.05) is 49.2 Å². The van der Waals surface area contributed by atoms with Crippen LogP contribution in [-0.2, 0) is 17.7 Å². The second-order valence-electron chi connectivity index (χ2n) is 7.56. The highest BCUT2D eigenvalue weighted by molar-refractivity contribution is 7.22. The number of furan rings is 1. The summed E-state index contributed by atoms with van der Waals surface area (Å²) < 4.78 is 26.4. The molecule has 5 nitrogen and oxygen atoms in total. The van der Waals surface area contributed by atoms with Crippen LogP contribution in [0.4, 0.5) is 15.2 Å². The third-order valence-electron chi connectivity index (χ3n) is 5.80. The molecule has 148 valence electrons. The summed E-state index contributed by atoms with van der Waals surface area (Å²) in [7, 11) is 0. The predicted molar refractivity (Wildman–Crippen MR) is 114 cm³/mol. The Morgan fingerprint density at radius 1 is 1.00 bits per heavy atom. The molecule has 2 aliphatic heterocycles. The summed E-state index contributed by atoms with van der Waals surface area (Å²) in [6.45, 7) is 4.91. The lowest BCUT2D eigenvalue weighted by Gasteiger charge is -2.28. The van der Waals surface area contributed by atoms with Crippen molar-refractivity contribution in [2.45, 2.75) is 13.0 Å². The van der Waals surface area contributed by atoms with E-state index in [2.05, 4.69) is 28.0 Å². The third-order valence-corrected chi connectivity index (χ3v) is 6.90. The molecule has 0 bridgehead atoms. The first-order valence-electron chi connectivity index (χ1n) is 9.93. The Balaban J connectivity index is 1.32. The minimum atomic E-state index is -0.224. The highest BCUT2D eigenvalue weighted by Gasteiger charge is 2.24. The summed E-state index contributed by atoms with van der Waals surface area (Å²) in [5, 5.41) is 1.95. The summed E-state index contributed by atoms with van der Waals surface area (Å²) in [5.41, 5.74) is 4.04. The van der Waals surface area contributed by atoms with Crippen molar-refractivity contribution in [2.75, 3.05) is 42.6 Å². The number of rotatable bonds is 2. The minimum Gasteiger partial charge on any atom is -0.461 e. The van der Waals surface area contributed by atoms with Crippen LogP contribution in [0, 0.1) is 5.82 Å². The molecule has 0 amide bonds. The van der Waals surface area contributed by atoms with E-state index in [1.165, 1.54) is 10.8 Å². The summed E-state index contributed by atoms with van der Waals surface area (Å²) in [6, 6.07) is 11.3. The molecule has 4 aromatic rings. The monoisotopic (exact) mass is 409 g/mol. The molecule has 0 saturated carbocycles.